The fourth-order valence-electron chi connectivity index (χ4n) is 1.98. The summed E-state index contributed by atoms with van der Waals surface area (Å²) in [5.74, 6) is -0.384. The number of aryl methyl sites for hydroxylation is 1. The molecular formula is C15H15ClN2O3S. The third-order valence-electron chi connectivity index (χ3n) is 3.10. The van der Waals surface area contributed by atoms with Crippen molar-refractivity contribution in [2.45, 2.75) is 18.4 Å². The Morgan fingerprint density at radius 3 is 2.59 bits per heavy atom. The first-order valence-corrected chi connectivity index (χ1v) is 8.36. The highest BCUT2D eigenvalue weighted by Crippen LogP contribution is 2.16. The Morgan fingerprint density at radius 2 is 1.95 bits per heavy atom. The van der Waals surface area contributed by atoms with Crippen LogP contribution in [-0.4, -0.2) is 14.3 Å². The molecule has 0 heterocycles. The second-order valence-corrected chi connectivity index (χ2v) is 6.80. The van der Waals surface area contributed by atoms with Gasteiger partial charge in [-0.25, -0.2) is 13.6 Å². The lowest BCUT2D eigenvalue weighted by Gasteiger charge is -2.08. The van der Waals surface area contributed by atoms with Crippen LogP contribution in [0.15, 0.2) is 47.4 Å². The predicted molar refractivity (Wildman–Crippen MR) is 85.2 cm³/mol. The van der Waals surface area contributed by atoms with Crippen molar-refractivity contribution >= 4 is 27.5 Å². The number of rotatable bonds is 4. The molecule has 3 N–H and O–H groups in total. The Kier molecular flexibility index (Phi) is 4.85. The average Bonchev–Trinajstić information content (AvgIpc) is 2.44. The highest BCUT2D eigenvalue weighted by molar-refractivity contribution is 7.89. The van der Waals surface area contributed by atoms with Gasteiger partial charge in [0.2, 0.25) is 10.0 Å². The topological polar surface area (TPSA) is 89.3 Å². The Bertz CT molecular complexity index is 819. The molecule has 2 aromatic carbocycles. The van der Waals surface area contributed by atoms with E-state index in [0.29, 0.717) is 10.6 Å². The largest absolute Gasteiger partial charge is 0.348 e. The van der Waals surface area contributed by atoms with Gasteiger partial charge in [0, 0.05) is 17.1 Å². The normalized spacial score (nSPS) is 11.2. The van der Waals surface area contributed by atoms with Crippen molar-refractivity contribution in [2.75, 3.05) is 0 Å². The number of hydrogen-bond acceptors (Lipinski definition) is 3. The molecule has 0 saturated carbocycles. The first kappa shape index (κ1) is 16.5. The summed E-state index contributed by atoms with van der Waals surface area (Å²) in [7, 11) is -3.86. The van der Waals surface area contributed by atoms with Crippen molar-refractivity contribution in [1.82, 2.24) is 5.32 Å². The maximum atomic E-state index is 12.1. The Morgan fingerprint density at radius 1 is 1.23 bits per heavy atom. The van der Waals surface area contributed by atoms with Gasteiger partial charge in [-0.15, -0.1) is 0 Å². The van der Waals surface area contributed by atoms with Crippen LogP contribution in [0.3, 0.4) is 0 Å². The van der Waals surface area contributed by atoms with Crippen molar-refractivity contribution in [1.29, 1.82) is 0 Å². The quantitative estimate of drug-likeness (QED) is 0.895. The number of nitrogens with one attached hydrogen (secondary N) is 1. The molecule has 0 atom stereocenters. The van der Waals surface area contributed by atoms with Gasteiger partial charge in [-0.05, 0) is 42.3 Å². The van der Waals surface area contributed by atoms with Crippen LogP contribution in [0.2, 0.25) is 5.02 Å². The van der Waals surface area contributed by atoms with Crippen LogP contribution < -0.4 is 10.5 Å². The minimum Gasteiger partial charge on any atom is -0.348 e. The van der Waals surface area contributed by atoms with Gasteiger partial charge < -0.3 is 5.32 Å². The van der Waals surface area contributed by atoms with Crippen molar-refractivity contribution in [3.05, 3.63) is 64.2 Å². The van der Waals surface area contributed by atoms with Crippen LogP contribution in [-0.2, 0) is 16.6 Å². The fourth-order valence-corrected chi connectivity index (χ4v) is 3.00. The SMILES string of the molecule is Cc1ccc(C(=O)NCc2cccc(Cl)c2)cc1S(N)(=O)=O. The number of carbonyl (C=O) groups is 1. The van der Waals surface area contributed by atoms with Gasteiger partial charge >= 0.3 is 0 Å². The molecular weight excluding hydrogens is 324 g/mol. The summed E-state index contributed by atoms with van der Waals surface area (Å²) in [5.41, 5.74) is 1.57. The first-order chi connectivity index (χ1) is 10.3. The number of sulfonamides is 1. The summed E-state index contributed by atoms with van der Waals surface area (Å²) in [6, 6.07) is 11.5. The van der Waals surface area contributed by atoms with Gasteiger partial charge in [-0.1, -0.05) is 29.8 Å². The van der Waals surface area contributed by atoms with Crippen molar-refractivity contribution in [2.24, 2.45) is 5.14 Å². The molecule has 7 heteroatoms. The minimum absolute atomic E-state index is 0.0529. The molecule has 1 amide bonds. The third-order valence-corrected chi connectivity index (χ3v) is 4.39. The number of halogens is 1. The molecule has 0 radical (unpaired) electrons. The zero-order valence-corrected chi connectivity index (χ0v) is 13.4. The summed E-state index contributed by atoms with van der Waals surface area (Å²) in [6.07, 6.45) is 0. The van der Waals surface area contributed by atoms with Gasteiger partial charge in [-0.2, -0.15) is 0 Å². The zero-order chi connectivity index (χ0) is 16.3. The molecule has 0 unspecified atom stereocenters. The standard InChI is InChI=1S/C15H15ClN2O3S/c1-10-5-6-12(8-14(10)22(17,20)21)15(19)18-9-11-3-2-4-13(16)7-11/h2-8H,9H2,1H3,(H,18,19)(H2,17,20,21). The van der Waals surface area contributed by atoms with E-state index in [2.05, 4.69) is 5.32 Å². The number of amides is 1. The Balaban J connectivity index is 2.17. The maximum absolute atomic E-state index is 12.1. The van der Waals surface area contributed by atoms with Crippen molar-refractivity contribution < 1.29 is 13.2 Å². The van der Waals surface area contributed by atoms with Crippen molar-refractivity contribution in [3.8, 4) is 0 Å². The zero-order valence-electron chi connectivity index (χ0n) is 11.8. The first-order valence-electron chi connectivity index (χ1n) is 6.43. The van der Waals surface area contributed by atoms with Gasteiger partial charge in [0.1, 0.15) is 0 Å². The summed E-state index contributed by atoms with van der Waals surface area (Å²) in [6.45, 7) is 1.91. The van der Waals surface area contributed by atoms with Crippen LogP contribution in [0.25, 0.3) is 0 Å². The molecule has 0 aromatic heterocycles. The molecule has 0 aliphatic rings. The Labute approximate surface area is 134 Å². The van der Waals surface area contributed by atoms with E-state index in [1.807, 2.05) is 6.07 Å². The Hall–Kier alpha value is -1.89. The van der Waals surface area contributed by atoms with E-state index in [4.69, 9.17) is 16.7 Å². The van der Waals surface area contributed by atoms with E-state index in [1.165, 1.54) is 6.07 Å². The monoisotopic (exact) mass is 338 g/mol. The van der Waals surface area contributed by atoms with Crippen molar-refractivity contribution in [3.63, 3.8) is 0 Å². The van der Waals surface area contributed by atoms with E-state index in [9.17, 15) is 13.2 Å². The lowest BCUT2D eigenvalue weighted by atomic mass is 10.1. The van der Waals surface area contributed by atoms with E-state index in [1.54, 1.807) is 37.3 Å². The van der Waals surface area contributed by atoms with Gasteiger partial charge in [-0.3, -0.25) is 4.79 Å². The van der Waals surface area contributed by atoms with Crippen LogP contribution in [0, 0.1) is 6.92 Å². The molecule has 0 fully saturated rings. The summed E-state index contributed by atoms with van der Waals surface area (Å²) >= 11 is 5.87. The highest BCUT2D eigenvalue weighted by Gasteiger charge is 2.15. The summed E-state index contributed by atoms with van der Waals surface area (Å²) < 4.78 is 23.0. The molecule has 0 bridgehead atoms. The molecule has 5 nitrogen and oxygen atoms in total. The predicted octanol–water partition coefficient (Wildman–Crippen LogP) is 2.23. The van der Waals surface area contributed by atoms with Crippen LogP contribution in [0.4, 0.5) is 0 Å². The maximum Gasteiger partial charge on any atom is 0.251 e. The number of hydrogen-bond donors (Lipinski definition) is 2. The van der Waals surface area contributed by atoms with E-state index in [0.717, 1.165) is 5.56 Å². The molecule has 0 aliphatic carbocycles. The second-order valence-electron chi connectivity index (χ2n) is 4.84. The van der Waals surface area contributed by atoms with Gasteiger partial charge in [0.05, 0.1) is 4.90 Å². The molecule has 2 rings (SSSR count). The minimum atomic E-state index is -3.86. The summed E-state index contributed by atoms with van der Waals surface area (Å²) in [5, 5.41) is 8.42. The lowest BCUT2D eigenvalue weighted by Crippen LogP contribution is -2.23. The van der Waals surface area contributed by atoms with E-state index >= 15 is 0 Å². The molecule has 0 saturated heterocycles. The lowest BCUT2D eigenvalue weighted by molar-refractivity contribution is 0.0950. The number of carbonyl (C=O) groups excluding carboxylic acids is 1. The third kappa shape index (κ3) is 4.07. The van der Waals surface area contributed by atoms with Crippen LogP contribution in [0.1, 0.15) is 21.5 Å². The highest BCUT2D eigenvalue weighted by atomic mass is 35.5. The van der Waals surface area contributed by atoms with Crippen LogP contribution in [0.5, 0.6) is 0 Å². The summed E-state index contributed by atoms with van der Waals surface area (Å²) in [4.78, 5) is 12.1. The van der Waals surface area contributed by atoms with Gasteiger partial charge in [0.25, 0.3) is 5.91 Å². The number of primary sulfonamides is 1. The fraction of sp³-hybridized carbons (Fsp3) is 0.133. The van der Waals surface area contributed by atoms with Crippen LogP contribution >= 0.6 is 11.6 Å². The molecule has 2 aromatic rings. The number of benzene rings is 2. The van der Waals surface area contributed by atoms with Gasteiger partial charge in [0.15, 0.2) is 0 Å². The molecule has 22 heavy (non-hydrogen) atoms. The number of nitrogens with two attached hydrogens (primary N) is 1. The second kappa shape index (κ2) is 6.48. The molecule has 0 aliphatic heterocycles. The molecule has 116 valence electrons. The molecule has 0 spiro atoms. The smallest absolute Gasteiger partial charge is 0.251 e. The van der Waals surface area contributed by atoms with E-state index < -0.39 is 10.0 Å². The van der Waals surface area contributed by atoms with E-state index in [-0.39, 0.29) is 22.9 Å². The average molecular weight is 339 g/mol.